The van der Waals surface area contributed by atoms with Gasteiger partial charge in [0.15, 0.2) is 0 Å². The Morgan fingerprint density at radius 2 is 0.0714 bits per heavy atom. The molecule has 0 aromatic rings. The standard InChI is InChI=1S/15H2O.13Ti/h15*1H2;;;;;;;;;;;;;. The van der Waals surface area contributed by atoms with Crippen LogP contribution in [0.25, 0.3) is 0 Å². The van der Waals surface area contributed by atoms with E-state index in [2.05, 4.69) is 0 Å². The van der Waals surface area contributed by atoms with Crippen LogP contribution < -0.4 is 0 Å². The first kappa shape index (κ1) is 619. The van der Waals surface area contributed by atoms with Crippen molar-refractivity contribution in [3.05, 3.63) is 0 Å². The third-order valence-electron chi connectivity index (χ3n) is 0. The molecule has 0 aromatic heterocycles. The van der Waals surface area contributed by atoms with E-state index in [1.807, 2.05) is 0 Å². The fourth-order valence-corrected chi connectivity index (χ4v) is 0. The van der Waals surface area contributed by atoms with Crippen molar-refractivity contribution in [2.45, 2.75) is 0 Å². The van der Waals surface area contributed by atoms with Gasteiger partial charge < -0.3 is 82.1 Å². The summed E-state index contributed by atoms with van der Waals surface area (Å²) in [7, 11) is 0. The van der Waals surface area contributed by atoms with Crippen molar-refractivity contribution in [2.75, 3.05) is 0 Å². The molecular formula is H30O15Ti13. The molecule has 0 aliphatic carbocycles. The first-order valence-corrected chi connectivity index (χ1v) is 0. The van der Waals surface area contributed by atoms with Crippen LogP contribution in [0.3, 0.4) is 0 Å². The maximum Gasteiger partial charge on any atom is 0 e. The van der Waals surface area contributed by atoms with Crippen molar-refractivity contribution in [1.29, 1.82) is 0 Å². The third-order valence-corrected chi connectivity index (χ3v) is 0. The molecule has 0 bridgehead atoms. The minimum Gasteiger partial charge on any atom is -0.412 e. The first-order chi connectivity index (χ1) is 0. The van der Waals surface area contributed by atoms with E-state index < -0.39 is 0 Å². The van der Waals surface area contributed by atoms with Crippen LogP contribution in [-0.2, 0) is 282 Å². The average Bonchev–Trinajstić information content (AvgIpc) is 0. The summed E-state index contributed by atoms with van der Waals surface area (Å²) in [4.78, 5) is 0. The Bertz CT molecular complexity index is 27.9. The zero-order chi connectivity index (χ0) is 0. The Kier molecular flexibility index (Phi) is 12600. The Balaban J connectivity index is 0. The predicted molar refractivity (Wildman–Crippen MR) is 54.2 cm³/mol. The van der Waals surface area contributed by atoms with Gasteiger partial charge in [0.05, 0.1) is 0 Å². The number of hydrogen-bond acceptors (Lipinski definition) is 0. The van der Waals surface area contributed by atoms with Gasteiger partial charge in [0.2, 0.25) is 0 Å². The van der Waals surface area contributed by atoms with Crippen LogP contribution in [0.4, 0.5) is 0 Å². The molecule has 0 rings (SSSR count). The topological polar surface area (TPSA) is 472 Å². The normalized spacial score (nSPS) is 0. The number of rotatable bonds is 0. The van der Waals surface area contributed by atoms with E-state index in [0.29, 0.717) is 0 Å². The summed E-state index contributed by atoms with van der Waals surface area (Å²) in [5.74, 6) is 0. The molecule has 172 valence electrons. The van der Waals surface area contributed by atoms with Crippen molar-refractivity contribution < 1.29 is 364 Å². The molecule has 0 aromatic carbocycles. The van der Waals surface area contributed by atoms with Crippen LogP contribution in [0.2, 0.25) is 0 Å². The smallest absolute Gasteiger partial charge is 0 e. The summed E-state index contributed by atoms with van der Waals surface area (Å²) in [6, 6.07) is 0. The average molecular weight is 892 g/mol. The Morgan fingerprint density at radius 1 is 0.0714 bits per heavy atom. The molecule has 30 N–H and O–H groups in total. The number of hydrogen-bond donors (Lipinski definition) is 0. The summed E-state index contributed by atoms with van der Waals surface area (Å²) >= 11 is 0. The van der Waals surface area contributed by atoms with E-state index in [9.17, 15) is 0 Å². The third kappa shape index (κ3) is 522. The maximum atomic E-state index is 0. The van der Waals surface area contributed by atoms with Gasteiger partial charge in [0, 0.05) is 282 Å². The van der Waals surface area contributed by atoms with E-state index in [0.717, 1.165) is 0 Å². The minimum absolute atomic E-state index is 0. The molecule has 0 atom stereocenters. The molecule has 0 fully saturated rings. The molecular weight excluding hydrogens is 862 g/mol. The predicted octanol–water partition coefficient (Wildman–Crippen LogP) is -12.4. The summed E-state index contributed by atoms with van der Waals surface area (Å²) in [6.45, 7) is 0. The van der Waals surface area contributed by atoms with E-state index in [4.69, 9.17) is 0 Å². The van der Waals surface area contributed by atoms with E-state index in [1.54, 1.807) is 0 Å². The second kappa shape index (κ2) is 569. The molecule has 0 heterocycles. The Morgan fingerprint density at radius 3 is 0.0714 bits per heavy atom. The second-order valence-corrected chi connectivity index (χ2v) is 0. The second-order valence-electron chi connectivity index (χ2n) is 0. The summed E-state index contributed by atoms with van der Waals surface area (Å²) < 4.78 is 0. The quantitative estimate of drug-likeness (QED) is 0.205. The van der Waals surface area contributed by atoms with Crippen LogP contribution in [-0.4, -0.2) is 82.1 Å². The molecule has 0 aliphatic heterocycles. The van der Waals surface area contributed by atoms with Gasteiger partial charge in [-0.15, -0.1) is 0 Å². The molecule has 0 amide bonds. The fourth-order valence-electron chi connectivity index (χ4n) is 0. The monoisotopic (exact) mass is 893 g/mol. The molecule has 0 unspecified atom stereocenters. The van der Waals surface area contributed by atoms with Gasteiger partial charge in [-0.25, -0.2) is 0 Å². The van der Waals surface area contributed by atoms with Crippen molar-refractivity contribution in [3.8, 4) is 0 Å². The zero-order valence-corrected chi connectivity index (χ0v) is 34.3. The van der Waals surface area contributed by atoms with E-state index in [-0.39, 0.29) is 364 Å². The largest absolute Gasteiger partial charge is 0.412 e. The van der Waals surface area contributed by atoms with Crippen molar-refractivity contribution in [2.24, 2.45) is 0 Å². The van der Waals surface area contributed by atoms with Crippen LogP contribution in [0.5, 0.6) is 0 Å². The molecule has 15 nitrogen and oxygen atoms in total. The minimum atomic E-state index is 0. The Hall–Kier alpha value is 8.69. The van der Waals surface area contributed by atoms with E-state index in [1.165, 1.54) is 0 Å². The summed E-state index contributed by atoms with van der Waals surface area (Å²) in [5, 5.41) is 0. The van der Waals surface area contributed by atoms with Gasteiger partial charge in [-0.2, -0.15) is 0 Å². The van der Waals surface area contributed by atoms with Gasteiger partial charge in [0.1, 0.15) is 0 Å². The van der Waals surface area contributed by atoms with Gasteiger partial charge in [0.25, 0.3) is 0 Å². The summed E-state index contributed by atoms with van der Waals surface area (Å²) in [5.41, 5.74) is 0. The van der Waals surface area contributed by atoms with Crippen molar-refractivity contribution >= 4 is 0 Å². The molecule has 0 aliphatic rings. The molecule has 28 heavy (non-hydrogen) atoms. The molecule has 0 radical (unpaired) electrons. The van der Waals surface area contributed by atoms with Gasteiger partial charge in [-0.05, 0) is 0 Å². The summed E-state index contributed by atoms with van der Waals surface area (Å²) in [6.07, 6.45) is 0. The van der Waals surface area contributed by atoms with Crippen molar-refractivity contribution in [3.63, 3.8) is 0 Å². The van der Waals surface area contributed by atoms with Crippen LogP contribution in [0.15, 0.2) is 0 Å². The van der Waals surface area contributed by atoms with Gasteiger partial charge in [-0.3, -0.25) is 0 Å². The Labute approximate surface area is 357 Å². The molecule has 0 saturated heterocycles. The zero-order valence-electron chi connectivity index (χ0n) is 14.0. The van der Waals surface area contributed by atoms with Gasteiger partial charge >= 0.3 is 0 Å². The molecule has 0 spiro atoms. The SMILES string of the molecule is O.O.O.O.O.O.O.O.O.O.O.O.O.O.O.[Ti].[Ti].[Ti].[Ti].[Ti].[Ti].[Ti].[Ti].[Ti].[Ti].[Ti].[Ti].[Ti]. The first-order valence-electron chi connectivity index (χ1n) is 0. The van der Waals surface area contributed by atoms with Crippen molar-refractivity contribution in [1.82, 2.24) is 0 Å². The molecule has 28 heteroatoms. The van der Waals surface area contributed by atoms with E-state index >= 15 is 0 Å². The maximum absolute atomic E-state index is 0. The van der Waals surface area contributed by atoms with Gasteiger partial charge in [-0.1, -0.05) is 0 Å². The molecule has 0 saturated carbocycles. The fraction of sp³-hybridized carbons (Fsp3) is 0. The van der Waals surface area contributed by atoms with Crippen LogP contribution in [0, 0.1) is 0 Å². The van der Waals surface area contributed by atoms with Crippen LogP contribution in [0.1, 0.15) is 0 Å². The van der Waals surface area contributed by atoms with Crippen LogP contribution >= 0.6 is 0 Å².